The van der Waals surface area contributed by atoms with Gasteiger partial charge in [0.2, 0.25) is 0 Å². The highest BCUT2D eigenvalue weighted by Crippen LogP contribution is 2.20. The van der Waals surface area contributed by atoms with Crippen molar-refractivity contribution < 1.29 is 9.90 Å². The molecule has 0 aromatic carbocycles. The van der Waals surface area contributed by atoms with Crippen LogP contribution in [0.2, 0.25) is 0 Å². The predicted molar refractivity (Wildman–Crippen MR) is 46.4 cm³/mol. The van der Waals surface area contributed by atoms with Crippen molar-refractivity contribution in [1.82, 2.24) is 4.90 Å². The smallest absolute Gasteiger partial charge is 0.337 e. The number of nitrogens with zero attached hydrogens (tertiary/aromatic N) is 1. The number of hydrogen-bond donors (Lipinski definition) is 1. The average molecular weight is 165 g/mol. The van der Waals surface area contributed by atoms with Crippen LogP contribution in [0.5, 0.6) is 0 Å². The summed E-state index contributed by atoms with van der Waals surface area (Å²) >= 11 is 0. The second-order valence-corrected chi connectivity index (χ2v) is 2.77. The average Bonchev–Trinajstić information content (AvgIpc) is 1.99. The van der Waals surface area contributed by atoms with Crippen molar-refractivity contribution in [3.63, 3.8) is 0 Å². The number of carboxylic acids is 1. The number of hydrogen-bond acceptors (Lipinski definition) is 2. The molecular formula is C9H11NO2. The van der Waals surface area contributed by atoms with Crippen LogP contribution in [0.3, 0.4) is 0 Å². The van der Waals surface area contributed by atoms with E-state index in [2.05, 4.69) is 6.58 Å². The van der Waals surface area contributed by atoms with Crippen LogP contribution in [-0.4, -0.2) is 23.0 Å². The summed E-state index contributed by atoms with van der Waals surface area (Å²) in [5.41, 5.74) is 2.01. The molecule has 1 aliphatic rings. The van der Waals surface area contributed by atoms with E-state index in [4.69, 9.17) is 5.11 Å². The van der Waals surface area contributed by atoms with E-state index in [1.807, 2.05) is 6.92 Å². The Hall–Kier alpha value is -1.51. The van der Waals surface area contributed by atoms with Crippen LogP contribution in [0.15, 0.2) is 35.7 Å². The quantitative estimate of drug-likeness (QED) is 0.637. The zero-order chi connectivity index (χ0) is 9.30. The third-order valence-corrected chi connectivity index (χ3v) is 1.83. The summed E-state index contributed by atoms with van der Waals surface area (Å²) in [5, 5.41) is 8.69. The molecule has 0 radical (unpaired) electrons. The molecule has 0 spiro atoms. The van der Waals surface area contributed by atoms with Gasteiger partial charge >= 0.3 is 5.97 Å². The molecule has 3 nitrogen and oxygen atoms in total. The number of likely N-dealkylation sites (N-methyl/N-ethyl adjacent to an activating group) is 1. The fraction of sp³-hybridized carbons (Fsp3) is 0.222. The van der Waals surface area contributed by atoms with Crippen molar-refractivity contribution >= 4 is 5.97 Å². The lowest BCUT2D eigenvalue weighted by molar-refractivity contribution is -0.132. The fourth-order valence-electron chi connectivity index (χ4n) is 1.04. The molecule has 0 aliphatic carbocycles. The van der Waals surface area contributed by atoms with E-state index in [0.29, 0.717) is 5.57 Å². The van der Waals surface area contributed by atoms with Gasteiger partial charge in [-0.1, -0.05) is 6.58 Å². The highest BCUT2D eigenvalue weighted by molar-refractivity contribution is 5.90. The van der Waals surface area contributed by atoms with Crippen LogP contribution in [0.4, 0.5) is 0 Å². The molecule has 0 bridgehead atoms. The number of carbonyl (C=O) groups is 1. The molecule has 0 amide bonds. The molecule has 0 aromatic heterocycles. The van der Waals surface area contributed by atoms with Gasteiger partial charge in [-0.25, -0.2) is 4.79 Å². The van der Waals surface area contributed by atoms with Gasteiger partial charge in [-0.3, -0.25) is 0 Å². The van der Waals surface area contributed by atoms with E-state index < -0.39 is 5.97 Å². The van der Waals surface area contributed by atoms with Gasteiger partial charge < -0.3 is 10.0 Å². The van der Waals surface area contributed by atoms with Gasteiger partial charge in [0.25, 0.3) is 0 Å². The van der Waals surface area contributed by atoms with Gasteiger partial charge in [-0.05, 0) is 18.6 Å². The normalized spacial score (nSPS) is 17.2. The lowest BCUT2D eigenvalue weighted by Gasteiger charge is -2.22. The molecule has 3 heteroatoms. The number of rotatable bonds is 1. The summed E-state index contributed by atoms with van der Waals surface area (Å²) in [4.78, 5) is 12.3. The standard InChI is InChI=1S/C9H11NO2/c1-6-4-8(9(11)12)5-10(3)7(6)2/h4-5H,2H2,1,3H3,(H,11,12). The maximum absolute atomic E-state index is 10.6. The lowest BCUT2D eigenvalue weighted by Crippen LogP contribution is -2.17. The van der Waals surface area contributed by atoms with E-state index in [0.717, 1.165) is 11.3 Å². The van der Waals surface area contributed by atoms with Crippen LogP contribution < -0.4 is 0 Å². The fourth-order valence-corrected chi connectivity index (χ4v) is 1.04. The van der Waals surface area contributed by atoms with Crippen molar-refractivity contribution in [2.24, 2.45) is 0 Å². The minimum atomic E-state index is -0.909. The molecule has 64 valence electrons. The minimum Gasteiger partial charge on any atom is -0.478 e. The zero-order valence-corrected chi connectivity index (χ0v) is 7.16. The van der Waals surface area contributed by atoms with Gasteiger partial charge in [0, 0.05) is 18.9 Å². The molecule has 0 fully saturated rings. The molecule has 0 saturated heterocycles. The molecule has 0 aromatic rings. The van der Waals surface area contributed by atoms with Gasteiger partial charge in [0.1, 0.15) is 0 Å². The number of carboxylic acid groups (broad SMARTS) is 1. The second-order valence-electron chi connectivity index (χ2n) is 2.77. The second kappa shape index (κ2) is 2.85. The summed E-state index contributed by atoms with van der Waals surface area (Å²) in [7, 11) is 1.78. The maximum atomic E-state index is 10.6. The topological polar surface area (TPSA) is 40.5 Å². The van der Waals surface area contributed by atoms with E-state index in [1.54, 1.807) is 24.2 Å². The predicted octanol–water partition coefficient (Wildman–Crippen LogP) is 1.36. The molecule has 0 saturated carbocycles. The summed E-state index contributed by atoms with van der Waals surface area (Å²) in [6.45, 7) is 5.63. The first kappa shape index (κ1) is 8.59. The first-order chi connectivity index (χ1) is 5.52. The number of allylic oxidation sites excluding steroid dienone is 1. The van der Waals surface area contributed by atoms with E-state index in [-0.39, 0.29) is 0 Å². The first-order valence-corrected chi connectivity index (χ1v) is 3.58. The van der Waals surface area contributed by atoms with E-state index >= 15 is 0 Å². The van der Waals surface area contributed by atoms with Crippen molar-refractivity contribution in [1.29, 1.82) is 0 Å². The minimum absolute atomic E-state index is 0.294. The Morgan fingerprint density at radius 3 is 2.67 bits per heavy atom. The Morgan fingerprint density at radius 2 is 2.25 bits per heavy atom. The molecule has 1 heterocycles. The Kier molecular flexibility index (Phi) is 2.04. The summed E-state index contributed by atoms with van der Waals surface area (Å²) in [6.07, 6.45) is 3.17. The number of aliphatic carboxylic acids is 1. The van der Waals surface area contributed by atoms with E-state index in [1.165, 1.54) is 0 Å². The summed E-state index contributed by atoms with van der Waals surface area (Å²) < 4.78 is 0. The van der Waals surface area contributed by atoms with Gasteiger partial charge in [0.05, 0.1) is 5.57 Å². The molecule has 1 rings (SSSR count). The monoisotopic (exact) mass is 165 g/mol. The molecule has 12 heavy (non-hydrogen) atoms. The van der Waals surface area contributed by atoms with E-state index in [9.17, 15) is 4.79 Å². The van der Waals surface area contributed by atoms with Crippen LogP contribution in [0, 0.1) is 0 Å². The largest absolute Gasteiger partial charge is 0.478 e. The van der Waals surface area contributed by atoms with Crippen LogP contribution >= 0.6 is 0 Å². The Balaban J connectivity index is 3.03. The first-order valence-electron chi connectivity index (χ1n) is 3.58. The zero-order valence-electron chi connectivity index (χ0n) is 7.16. The molecule has 1 aliphatic heterocycles. The Labute approximate surface area is 71.3 Å². The third kappa shape index (κ3) is 1.39. The highest BCUT2D eigenvalue weighted by Gasteiger charge is 2.13. The molecular weight excluding hydrogens is 154 g/mol. The molecule has 0 atom stereocenters. The van der Waals surface area contributed by atoms with Crippen molar-refractivity contribution in [3.8, 4) is 0 Å². The summed E-state index contributed by atoms with van der Waals surface area (Å²) in [6, 6.07) is 0. The van der Waals surface area contributed by atoms with Crippen molar-refractivity contribution in [2.75, 3.05) is 7.05 Å². The SMILES string of the molecule is C=C1C(C)=CC(C(=O)O)=CN1C. The maximum Gasteiger partial charge on any atom is 0.337 e. The van der Waals surface area contributed by atoms with Crippen LogP contribution in [0.1, 0.15) is 6.92 Å². The van der Waals surface area contributed by atoms with Gasteiger partial charge in [-0.15, -0.1) is 0 Å². The van der Waals surface area contributed by atoms with Gasteiger partial charge in [0.15, 0.2) is 0 Å². The molecule has 1 N–H and O–H groups in total. The molecule has 0 unspecified atom stereocenters. The van der Waals surface area contributed by atoms with Crippen LogP contribution in [-0.2, 0) is 4.79 Å². The Morgan fingerprint density at radius 1 is 1.67 bits per heavy atom. The van der Waals surface area contributed by atoms with Crippen molar-refractivity contribution in [2.45, 2.75) is 6.92 Å². The van der Waals surface area contributed by atoms with Crippen molar-refractivity contribution in [3.05, 3.63) is 35.7 Å². The highest BCUT2D eigenvalue weighted by atomic mass is 16.4. The third-order valence-electron chi connectivity index (χ3n) is 1.83. The van der Waals surface area contributed by atoms with Gasteiger partial charge in [-0.2, -0.15) is 0 Å². The lowest BCUT2D eigenvalue weighted by atomic mass is 10.1. The Bertz CT molecular complexity index is 300. The van der Waals surface area contributed by atoms with Crippen LogP contribution in [0.25, 0.3) is 0 Å². The summed E-state index contributed by atoms with van der Waals surface area (Å²) in [5.74, 6) is -0.909.